The second kappa shape index (κ2) is 5.73. The first-order chi connectivity index (χ1) is 9.78. The van der Waals surface area contributed by atoms with E-state index in [-0.39, 0.29) is 0 Å². The Labute approximate surface area is 129 Å². The van der Waals surface area contributed by atoms with Crippen LogP contribution in [0, 0.1) is 0 Å². The molecule has 3 nitrogen and oxygen atoms in total. The fourth-order valence-electron chi connectivity index (χ4n) is 1.84. The predicted molar refractivity (Wildman–Crippen MR) is 85.0 cm³/mol. The minimum Gasteiger partial charge on any atom is -0.496 e. The molecule has 0 aliphatic carbocycles. The first-order valence-corrected chi connectivity index (χ1v) is 7.66. The summed E-state index contributed by atoms with van der Waals surface area (Å²) in [5.74, 6) is 0.814. The van der Waals surface area contributed by atoms with E-state index in [1.54, 1.807) is 24.6 Å². The van der Waals surface area contributed by atoms with Gasteiger partial charge in [-0.25, -0.2) is 4.98 Å². The lowest BCUT2D eigenvalue weighted by molar-refractivity contribution is 0.412. The van der Waals surface area contributed by atoms with Crippen LogP contribution in [0.25, 0.3) is 22.0 Å². The Hall–Kier alpha value is -1.72. The van der Waals surface area contributed by atoms with E-state index >= 15 is 0 Å². The van der Waals surface area contributed by atoms with E-state index < -0.39 is 0 Å². The van der Waals surface area contributed by atoms with Gasteiger partial charge < -0.3 is 4.74 Å². The fourth-order valence-corrected chi connectivity index (χ4v) is 3.18. The molecule has 20 heavy (non-hydrogen) atoms. The predicted octanol–water partition coefficient (Wildman–Crippen LogP) is 4.64. The highest BCUT2D eigenvalue weighted by Crippen LogP contribution is 2.32. The van der Waals surface area contributed by atoms with Gasteiger partial charge in [-0.3, -0.25) is 4.98 Å². The van der Waals surface area contributed by atoms with Crippen molar-refractivity contribution in [1.82, 2.24) is 9.97 Å². The van der Waals surface area contributed by atoms with Crippen molar-refractivity contribution in [2.75, 3.05) is 7.11 Å². The highest BCUT2D eigenvalue weighted by molar-refractivity contribution is 9.10. The van der Waals surface area contributed by atoms with Gasteiger partial charge in [0.25, 0.3) is 0 Å². The highest BCUT2D eigenvalue weighted by Gasteiger charge is 2.09. The van der Waals surface area contributed by atoms with Crippen LogP contribution in [-0.2, 0) is 0 Å². The molecule has 5 heteroatoms. The van der Waals surface area contributed by atoms with Gasteiger partial charge in [-0.2, -0.15) is 0 Å². The summed E-state index contributed by atoms with van der Waals surface area (Å²) in [5, 5.41) is 2.96. The normalized spacial score (nSPS) is 10.5. The van der Waals surface area contributed by atoms with Crippen LogP contribution in [0.1, 0.15) is 0 Å². The van der Waals surface area contributed by atoms with Gasteiger partial charge >= 0.3 is 0 Å². The summed E-state index contributed by atoms with van der Waals surface area (Å²) in [5.41, 5.74) is 2.89. The van der Waals surface area contributed by atoms with E-state index in [2.05, 4.69) is 25.9 Å². The summed E-state index contributed by atoms with van der Waals surface area (Å²) in [6, 6.07) is 11.8. The Morgan fingerprint density at radius 2 is 2.05 bits per heavy atom. The number of ether oxygens (including phenoxy) is 1. The third-order valence-electron chi connectivity index (χ3n) is 2.84. The van der Waals surface area contributed by atoms with Crippen molar-refractivity contribution >= 4 is 27.3 Å². The molecule has 0 spiro atoms. The summed E-state index contributed by atoms with van der Waals surface area (Å²) in [6.07, 6.45) is 1.78. The van der Waals surface area contributed by atoms with E-state index in [1.165, 1.54) is 0 Å². The molecule has 0 saturated heterocycles. The van der Waals surface area contributed by atoms with Crippen LogP contribution in [0.3, 0.4) is 0 Å². The molecule has 2 heterocycles. The first kappa shape index (κ1) is 13.3. The van der Waals surface area contributed by atoms with Crippen molar-refractivity contribution in [2.24, 2.45) is 0 Å². The maximum atomic E-state index is 5.24. The van der Waals surface area contributed by atoms with Gasteiger partial charge in [0.2, 0.25) is 0 Å². The SMILES string of the molecule is COc1ccc(-c2csc(-c3ccccn3)n2)cc1Br. The molecular weight excluding hydrogens is 336 g/mol. The van der Waals surface area contributed by atoms with Gasteiger partial charge in [-0.05, 0) is 46.3 Å². The highest BCUT2D eigenvalue weighted by atomic mass is 79.9. The molecule has 0 N–H and O–H groups in total. The van der Waals surface area contributed by atoms with E-state index in [0.717, 1.165) is 32.2 Å². The van der Waals surface area contributed by atoms with Crippen molar-refractivity contribution in [3.63, 3.8) is 0 Å². The van der Waals surface area contributed by atoms with Gasteiger partial charge in [0.1, 0.15) is 10.8 Å². The number of hydrogen-bond donors (Lipinski definition) is 0. The van der Waals surface area contributed by atoms with Crippen LogP contribution in [0.5, 0.6) is 5.75 Å². The van der Waals surface area contributed by atoms with E-state index in [9.17, 15) is 0 Å². The second-order valence-electron chi connectivity index (χ2n) is 4.10. The molecule has 0 aliphatic heterocycles. The van der Waals surface area contributed by atoms with Crippen molar-refractivity contribution in [2.45, 2.75) is 0 Å². The molecule has 1 aromatic carbocycles. The van der Waals surface area contributed by atoms with E-state index in [0.29, 0.717) is 0 Å². The largest absolute Gasteiger partial charge is 0.496 e. The number of methoxy groups -OCH3 is 1. The third-order valence-corrected chi connectivity index (χ3v) is 4.32. The molecule has 0 unspecified atom stereocenters. The second-order valence-corrected chi connectivity index (χ2v) is 5.81. The minimum absolute atomic E-state index is 0.814. The van der Waals surface area contributed by atoms with Gasteiger partial charge in [-0.15, -0.1) is 11.3 Å². The Balaban J connectivity index is 1.96. The standard InChI is InChI=1S/C15H11BrN2OS/c1-19-14-6-5-10(8-11(14)16)13-9-20-15(18-13)12-4-2-3-7-17-12/h2-9H,1H3. The zero-order valence-corrected chi connectivity index (χ0v) is 13.1. The Bertz CT molecular complexity index is 728. The van der Waals surface area contributed by atoms with Crippen molar-refractivity contribution in [1.29, 1.82) is 0 Å². The van der Waals surface area contributed by atoms with Gasteiger partial charge in [0.05, 0.1) is 23.0 Å². The Morgan fingerprint density at radius 1 is 1.15 bits per heavy atom. The maximum Gasteiger partial charge on any atom is 0.142 e. The van der Waals surface area contributed by atoms with Crippen LogP contribution >= 0.6 is 27.3 Å². The molecule has 0 saturated carbocycles. The third kappa shape index (κ3) is 2.59. The molecule has 100 valence electrons. The molecular formula is C15H11BrN2OS. The monoisotopic (exact) mass is 346 g/mol. The van der Waals surface area contributed by atoms with Crippen LogP contribution in [0.15, 0.2) is 52.4 Å². The number of hydrogen-bond acceptors (Lipinski definition) is 4. The number of nitrogens with zero attached hydrogens (tertiary/aromatic N) is 2. The topological polar surface area (TPSA) is 35.0 Å². The average molecular weight is 347 g/mol. The zero-order chi connectivity index (χ0) is 13.9. The average Bonchev–Trinajstić information content (AvgIpc) is 2.98. The van der Waals surface area contributed by atoms with Crippen LogP contribution in [0.4, 0.5) is 0 Å². The molecule has 3 rings (SSSR count). The summed E-state index contributed by atoms with van der Waals surface area (Å²) in [6.45, 7) is 0. The smallest absolute Gasteiger partial charge is 0.142 e. The Kier molecular flexibility index (Phi) is 3.80. The first-order valence-electron chi connectivity index (χ1n) is 5.99. The molecule has 3 aromatic rings. The molecule has 0 atom stereocenters. The summed E-state index contributed by atoms with van der Waals surface area (Å²) >= 11 is 5.09. The van der Waals surface area contributed by atoms with Crippen molar-refractivity contribution < 1.29 is 4.74 Å². The number of benzene rings is 1. The van der Waals surface area contributed by atoms with E-state index in [4.69, 9.17) is 4.74 Å². The molecule has 0 aliphatic rings. The number of halogens is 1. The summed E-state index contributed by atoms with van der Waals surface area (Å²) in [4.78, 5) is 8.96. The van der Waals surface area contributed by atoms with Crippen LogP contribution in [0.2, 0.25) is 0 Å². The van der Waals surface area contributed by atoms with E-state index in [1.807, 2.05) is 41.8 Å². The quantitative estimate of drug-likeness (QED) is 0.692. The van der Waals surface area contributed by atoms with Gasteiger partial charge in [0, 0.05) is 17.1 Å². The number of rotatable bonds is 3. The van der Waals surface area contributed by atoms with Crippen LogP contribution in [-0.4, -0.2) is 17.1 Å². The van der Waals surface area contributed by atoms with Crippen molar-refractivity contribution in [3.8, 4) is 27.7 Å². The van der Waals surface area contributed by atoms with Gasteiger partial charge in [-0.1, -0.05) is 6.07 Å². The zero-order valence-electron chi connectivity index (χ0n) is 10.7. The minimum atomic E-state index is 0.814. The lowest BCUT2D eigenvalue weighted by atomic mass is 10.2. The van der Waals surface area contributed by atoms with Crippen molar-refractivity contribution in [3.05, 3.63) is 52.4 Å². The number of aromatic nitrogens is 2. The Morgan fingerprint density at radius 3 is 2.75 bits per heavy atom. The number of pyridine rings is 1. The molecule has 0 radical (unpaired) electrons. The molecule has 0 bridgehead atoms. The lowest BCUT2D eigenvalue weighted by Crippen LogP contribution is -1.86. The maximum absolute atomic E-state index is 5.24. The molecule has 0 amide bonds. The summed E-state index contributed by atoms with van der Waals surface area (Å²) in [7, 11) is 1.65. The van der Waals surface area contributed by atoms with Crippen LogP contribution < -0.4 is 4.74 Å². The molecule has 0 fully saturated rings. The summed E-state index contributed by atoms with van der Waals surface area (Å²) < 4.78 is 6.16. The molecule has 2 aromatic heterocycles. The lowest BCUT2D eigenvalue weighted by Gasteiger charge is -2.04. The fraction of sp³-hybridized carbons (Fsp3) is 0.0667. The van der Waals surface area contributed by atoms with Gasteiger partial charge in [0.15, 0.2) is 0 Å². The number of thiazole rings is 1.